The number of carbonyl (C=O) groups excluding carboxylic acids is 1. The molecule has 0 bridgehead atoms. The number of fused-ring (bicyclic) bond motifs is 12. The van der Waals surface area contributed by atoms with E-state index in [1.165, 1.54) is 27.6 Å². The maximum Gasteiger partial charge on any atom is 0.178 e. The van der Waals surface area contributed by atoms with Crippen molar-refractivity contribution < 1.29 is 62.0 Å². The van der Waals surface area contributed by atoms with Crippen LogP contribution >= 0.6 is 0 Å². The molecule has 4 aromatic rings. The molecule has 4 aromatic carbocycles. The Labute approximate surface area is 381 Å². The van der Waals surface area contributed by atoms with Crippen LogP contribution in [0.1, 0.15) is 96.3 Å². The van der Waals surface area contributed by atoms with E-state index in [1.54, 1.807) is 52.3 Å². The summed E-state index contributed by atoms with van der Waals surface area (Å²) in [6, 6.07) is 14.5. The number of methoxy groups -OCH3 is 3. The zero-order valence-corrected chi connectivity index (χ0v) is 40.0. The smallest absolute Gasteiger partial charge is 0.178 e. The molecule has 6 aliphatic heterocycles. The maximum atomic E-state index is 14.5. The van der Waals surface area contributed by atoms with Crippen LogP contribution in [-0.4, -0.2) is 95.1 Å². The number of rotatable bonds is 8. The number of halogens is 1. The van der Waals surface area contributed by atoms with Gasteiger partial charge in [0.05, 0.1) is 30.8 Å². The molecule has 0 saturated heterocycles. The van der Waals surface area contributed by atoms with Crippen molar-refractivity contribution >= 4 is 50.4 Å². The summed E-state index contributed by atoms with van der Waals surface area (Å²) in [5.41, 5.74) is 5.05. The molecule has 2 radical (unpaired) electrons. The molecule has 0 unspecified atom stereocenters. The first-order valence-corrected chi connectivity index (χ1v) is 24.8. The van der Waals surface area contributed by atoms with Crippen molar-refractivity contribution in [3.05, 3.63) is 102 Å². The molecule has 6 heterocycles. The van der Waals surface area contributed by atoms with Crippen LogP contribution in [0.2, 0.25) is 4.44 Å². The summed E-state index contributed by atoms with van der Waals surface area (Å²) in [5.74, 6) is 4.32. The van der Waals surface area contributed by atoms with Gasteiger partial charge in [0.15, 0.2) is 11.4 Å². The number of ether oxygens (including phenoxy) is 9. The van der Waals surface area contributed by atoms with Gasteiger partial charge >= 0.3 is 206 Å². The van der Waals surface area contributed by atoms with E-state index in [0.29, 0.717) is 68.9 Å². The quantitative estimate of drug-likeness (QED) is 0.163. The van der Waals surface area contributed by atoms with Gasteiger partial charge in [-0.25, -0.2) is 4.39 Å². The van der Waals surface area contributed by atoms with E-state index in [0.717, 1.165) is 39.5 Å². The minimum atomic E-state index is -1.07. The number of aliphatic hydroxyl groups is 2. The van der Waals surface area contributed by atoms with Gasteiger partial charge in [-0.05, 0) is 44.2 Å². The third kappa shape index (κ3) is 7.33. The van der Waals surface area contributed by atoms with Gasteiger partial charge in [0.25, 0.3) is 0 Å². The second-order valence-electron chi connectivity index (χ2n) is 17.3. The second kappa shape index (κ2) is 16.9. The van der Waals surface area contributed by atoms with Gasteiger partial charge in [-0.3, -0.25) is 4.79 Å². The first kappa shape index (κ1) is 43.9. The second-order valence-corrected chi connectivity index (χ2v) is 21.2. The number of benzene rings is 4. The van der Waals surface area contributed by atoms with Crippen LogP contribution in [0.25, 0.3) is 23.5 Å². The van der Waals surface area contributed by atoms with Crippen molar-refractivity contribution in [2.75, 3.05) is 34.5 Å². The Kier molecular flexibility index (Phi) is 11.6. The van der Waals surface area contributed by atoms with Crippen molar-refractivity contribution in [2.24, 2.45) is 0 Å². The summed E-state index contributed by atoms with van der Waals surface area (Å²) in [7, 11) is 4.80. The number of Topliss-reactive ketones (excluding diaryl/α,β-unsaturated/α-hetero) is 1. The Morgan fingerprint density at radius 2 is 1.36 bits per heavy atom. The molecule has 6 aliphatic rings. The molecule has 0 fully saturated rings. The van der Waals surface area contributed by atoms with Crippen molar-refractivity contribution in [3.8, 4) is 46.0 Å². The molecule has 334 valence electrons. The SMILES string of the molecule is CC[CH2][Sn][C]1=Cc2c(ccc3c2O[C@@H]2COc4cc(CO)c(OC)cc4C2=C3OC)OC1(C)C.COc1cc2c(cc1CO)OC[C@H]1Oc3c(ccc4c3C=C([18F])C(C)(C)O4)C(=O)[C@@H]21. The van der Waals surface area contributed by atoms with Gasteiger partial charge in [0.1, 0.15) is 41.5 Å². The summed E-state index contributed by atoms with van der Waals surface area (Å²) >= 11 is -0.731. The fourth-order valence-electron chi connectivity index (χ4n) is 9.07. The van der Waals surface area contributed by atoms with Crippen LogP contribution in [0.15, 0.2) is 57.9 Å². The van der Waals surface area contributed by atoms with E-state index in [-0.39, 0.29) is 37.3 Å². The van der Waals surface area contributed by atoms with Gasteiger partial charge in [-0.1, -0.05) is 0 Å². The summed E-state index contributed by atoms with van der Waals surface area (Å²) in [4.78, 5) is 13.5. The van der Waals surface area contributed by atoms with E-state index in [9.17, 15) is 19.4 Å². The third-order valence-electron chi connectivity index (χ3n) is 12.4. The van der Waals surface area contributed by atoms with Crippen LogP contribution < -0.4 is 37.9 Å². The molecule has 10 rings (SSSR count). The normalized spacial score (nSPS) is 21.0. The molecular weight excluding hydrogens is 929 g/mol. The monoisotopic (exact) mass is 981 g/mol. The molecule has 0 saturated carbocycles. The molecule has 3 atom stereocenters. The first-order chi connectivity index (χ1) is 30.7. The van der Waals surface area contributed by atoms with Crippen molar-refractivity contribution in [3.63, 3.8) is 0 Å². The van der Waals surface area contributed by atoms with E-state index >= 15 is 0 Å². The average Bonchev–Trinajstić information content (AvgIpc) is 3.29. The van der Waals surface area contributed by atoms with Gasteiger partial charge < -0.3 is 29.2 Å². The van der Waals surface area contributed by atoms with E-state index < -0.39 is 44.6 Å². The van der Waals surface area contributed by atoms with Crippen LogP contribution in [0.3, 0.4) is 0 Å². The Morgan fingerprint density at radius 3 is 2.03 bits per heavy atom. The van der Waals surface area contributed by atoms with E-state index in [1.807, 2.05) is 24.3 Å². The van der Waals surface area contributed by atoms with Crippen molar-refractivity contribution in [1.82, 2.24) is 0 Å². The molecule has 12 nitrogen and oxygen atoms in total. The fraction of sp³-hybridized carbons (Fsp3) is 0.380. The zero-order chi connectivity index (χ0) is 45.2. The van der Waals surface area contributed by atoms with E-state index in [4.69, 9.17) is 42.6 Å². The van der Waals surface area contributed by atoms with Crippen LogP contribution in [-0.2, 0) is 18.0 Å². The van der Waals surface area contributed by atoms with Gasteiger partial charge in [0, 0.05) is 11.1 Å². The number of hydrogen-bond acceptors (Lipinski definition) is 12. The Bertz CT molecular complexity index is 2660. The third-order valence-corrected chi connectivity index (χ3v) is 17.8. The number of hydrogen-bond donors (Lipinski definition) is 2. The zero-order valence-electron chi connectivity index (χ0n) is 37.1. The molecular formula is C50H51FO12Sn. The predicted octanol–water partition coefficient (Wildman–Crippen LogP) is 8.69. The molecule has 0 aromatic heterocycles. The fourth-order valence-corrected chi connectivity index (χ4v) is 12.6. The van der Waals surface area contributed by atoms with Crippen LogP contribution in [0.4, 0.5) is 4.39 Å². The Morgan fingerprint density at radius 1 is 0.734 bits per heavy atom. The standard InChI is InChI=1S/C24H23O6.C23H21FO6.C3H7.Sn/c1-24(2)8-7-14-17(30-24)6-5-15-22(14)29-20-12-28-19-9-13(11-25)18(26-3)10-16(19)21(20)23(15)27-4;1-23(2)19(24)8-14-15(30-23)5-4-12-21(26)20-13-7-16(27-3)11(9-25)6-17(13)28-10-18(20)29-22(12)14;1-3-2;/h5-7,9-10,20,25H,11-12H2,1-4H3;4-8,18,20,25H,9-10H2,1-3H3;1,3H2,2H3;/t20-;18-,20+;;/m11../s1/i;24-1;;. The van der Waals surface area contributed by atoms with Crippen LogP contribution in [0, 0.1) is 0 Å². The largest absolute Gasteiger partial charge is 0.496 e. The van der Waals surface area contributed by atoms with E-state index in [2.05, 4.69) is 26.8 Å². The summed E-state index contributed by atoms with van der Waals surface area (Å²) < 4.78 is 71.1. The molecule has 64 heavy (non-hydrogen) atoms. The topological polar surface area (TPSA) is 141 Å². The summed E-state index contributed by atoms with van der Waals surface area (Å²) in [6.07, 6.45) is 4.00. The van der Waals surface area contributed by atoms with Gasteiger partial charge in [0.2, 0.25) is 0 Å². The molecule has 0 aliphatic carbocycles. The summed E-state index contributed by atoms with van der Waals surface area (Å²) in [6.45, 7) is 10.0. The molecule has 0 spiro atoms. The van der Waals surface area contributed by atoms with Crippen molar-refractivity contribution in [2.45, 2.75) is 88.0 Å². The van der Waals surface area contributed by atoms with Gasteiger partial charge in [-0.2, -0.15) is 0 Å². The Hall–Kier alpha value is -5.38. The first-order valence-electron chi connectivity index (χ1n) is 21.4. The summed E-state index contributed by atoms with van der Waals surface area (Å²) in [5, 5.41) is 19.3. The Balaban J connectivity index is 0.000000163. The molecule has 2 N–H and O–H groups in total. The predicted molar refractivity (Wildman–Crippen MR) is 239 cm³/mol. The van der Waals surface area contributed by atoms with Crippen LogP contribution in [0.5, 0.6) is 46.0 Å². The maximum absolute atomic E-state index is 14.5. The molecule has 0 amide bonds. The number of aliphatic hydroxyl groups excluding tert-OH is 2. The molecule has 14 heteroatoms. The minimum absolute atomic E-state index is 0.127. The van der Waals surface area contributed by atoms with Crippen molar-refractivity contribution in [1.29, 1.82) is 0 Å². The number of carbonyl (C=O) groups is 1. The average molecular weight is 981 g/mol. The minimum Gasteiger partial charge on any atom is -0.496 e. The van der Waals surface area contributed by atoms with Gasteiger partial charge in [-0.15, -0.1) is 0 Å². The number of ketones is 1.